The SMILES string of the molecule is O=C(NNC(=O)c1cc(Cl)c2c(c1)OCO2)c1cccc([N+](=O)[O-])c1. The van der Waals surface area contributed by atoms with Crippen molar-refractivity contribution in [1.82, 2.24) is 10.9 Å². The van der Waals surface area contributed by atoms with Gasteiger partial charge < -0.3 is 9.47 Å². The fourth-order valence-electron chi connectivity index (χ4n) is 2.12. The molecule has 0 saturated carbocycles. The Kier molecular flexibility index (Phi) is 4.40. The number of nitrogens with one attached hydrogen (secondary N) is 2. The van der Waals surface area contributed by atoms with Crippen LogP contribution in [0.25, 0.3) is 0 Å². The zero-order valence-corrected chi connectivity index (χ0v) is 13.2. The van der Waals surface area contributed by atoms with Crippen LogP contribution < -0.4 is 20.3 Å². The van der Waals surface area contributed by atoms with E-state index in [0.717, 1.165) is 6.07 Å². The van der Waals surface area contributed by atoms with Crippen LogP contribution in [0, 0.1) is 10.1 Å². The Morgan fingerprint density at radius 3 is 2.52 bits per heavy atom. The third kappa shape index (κ3) is 3.45. The minimum absolute atomic E-state index is 0.00362. The van der Waals surface area contributed by atoms with Crippen molar-refractivity contribution in [1.29, 1.82) is 0 Å². The minimum atomic E-state index is -0.705. The first kappa shape index (κ1) is 16.5. The van der Waals surface area contributed by atoms with Crippen molar-refractivity contribution >= 4 is 29.1 Å². The number of ether oxygens (including phenoxy) is 2. The van der Waals surface area contributed by atoms with Crippen molar-refractivity contribution in [2.45, 2.75) is 0 Å². The molecule has 0 aromatic heterocycles. The second kappa shape index (κ2) is 6.65. The lowest BCUT2D eigenvalue weighted by Crippen LogP contribution is -2.41. The number of nitrogens with zero attached hydrogens (tertiary/aromatic N) is 1. The van der Waals surface area contributed by atoms with Gasteiger partial charge in [0.1, 0.15) is 0 Å². The highest BCUT2D eigenvalue weighted by Crippen LogP contribution is 2.39. The van der Waals surface area contributed by atoms with Crippen molar-refractivity contribution in [3.05, 3.63) is 62.7 Å². The number of carbonyl (C=O) groups excluding carboxylic acids is 2. The largest absolute Gasteiger partial charge is 0.454 e. The Morgan fingerprint density at radius 1 is 1.08 bits per heavy atom. The molecule has 1 aliphatic rings. The van der Waals surface area contributed by atoms with Gasteiger partial charge in [-0.15, -0.1) is 0 Å². The van der Waals surface area contributed by atoms with Gasteiger partial charge in [-0.3, -0.25) is 30.6 Å². The Morgan fingerprint density at radius 2 is 1.80 bits per heavy atom. The van der Waals surface area contributed by atoms with E-state index in [4.69, 9.17) is 21.1 Å². The number of non-ortho nitro benzene ring substituents is 1. The molecule has 9 nitrogen and oxygen atoms in total. The molecule has 2 amide bonds. The topological polar surface area (TPSA) is 120 Å². The number of halogens is 1. The van der Waals surface area contributed by atoms with Crippen LogP contribution in [-0.4, -0.2) is 23.5 Å². The lowest BCUT2D eigenvalue weighted by Gasteiger charge is -2.08. The third-order valence-electron chi connectivity index (χ3n) is 3.30. The molecule has 2 aromatic carbocycles. The van der Waals surface area contributed by atoms with Crippen molar-refractivity contribution < 1.29 is 24.0 Å². The molecule has 0 atom stereocenters. The van der Waals surface area contributed by atoms with E-state index in [2.05, 4.69) is 10.9 Å². The molecule has 2 aromatic rings. The van der Waals surface area contributed by atoms with Crippen LogP contribution in [0.15, 0.2) is 36.4 Å². The van der Waals surface area contributed by atoms with Gasteiger partial charge in [-0.05, 0) is 18.2 Å². The van der Waals surface area contributed by atoms with Gasteiger partial charge >= 0.3 is 0 Å². The van der Waals surface area contributed by atoms with Gasteiger partial charge in [-0.25, -0.2) is 0 Å². The fraction of sp³-hybridized carbons (Fsp3) is 0.0667. The number of benzene rings is 2. The molecule has 0 bridgehead atoms. The number of carbonyl (C=O) groups is 2. The van der Waals surface area contributed by atoms with Gasteiger partial charge in [0.15, 0.2) is 11.5 Å². The highest BCUT2D eigenvalue weighted by atomic mass is 35.5. The molecule has 0 saturated heterocycles. The highest BCUT2D eigenvalue weighted by molar-refractivity contribution is 6.32. The molecule has 10 heteroatoms. The number of fused-ring (bicyclic) bond motifs is 1. The maximum absolute atomic E-state index is 12.1. The van der Waals surface area contributed by atoms with E-state index in [1.165, 1.54) is 30.3 Å². The molecular weight excluding hydrogens is 354 g/mol. The molecule has 0 aliphatic carbocycles. The van der Waals surface area contributed by atoms with E-state index in [0.29, 0.717) is 11.5 Å². The fourth-order valence-corrected chi connectivity index (χ4v) is 2.38. The first-order valence-electron chi connectivity index (χ1n) is 6.90. The zero-order valence-electron chi connectivity index (χ0n) is 12.4. The zero-order chi connectivity index (χ0) is 18.0. The smallest absolute Gasteiger partial charge is 0.270 e. The summed E-state index contributed by atoms with van der Waals surface area (Å²) >= 11 is 5.99. The molecule has 1 aliphatic heterocycles. The molecule has 0 spiro atoms. The Labute approximate surface area is 145 Å². The molecule has 0 fully saturated rings. The molecule has 2 N–H and O–H groups in total. The molecule has 128 valence electrons. The summed E-state index contributed by atoms with van der Waals surface area (Å²) in [7, 11) is 0. The molecular formula is C15H10ClN3O6. The predicted molar refractivity (Wildman–Crippen MR) is 85.6 cm³/mol. The third-order valence-corrected chi connectivity index (χ3v) is 3.58. The first-order chi connectivity index (χ1) is 12.0. The van der Waals surface area contributed by atoms with Crippen LogP contribution in [-0.2, 0) is 0 Å². The number of amides is 2. The molecule has 3 rings (SSSR count). The average Bonchev–Trinajstić information content (AvgIpc) is 3.08. The molecule has 0 radical (unpaired) electrons. The maximum Gasteiger partial charge on any atom is 0.270 e. The summed E-state index contributed by atoms with van der Waals surface area (Å²) in [5, 5.41) is 10.9. The highest BCUT2D eigenvalue weighted by Gasteiger charge is 2.21. The minimum Gasteiger partial charge on any atom is -0.454 e. The van der Waals surface area contributed by atoms with Crippen LogP contribution in [0.3, 0.4) is 0 Å². The Bertz CT molecular complexity index is 886. The summed E-state index contributed by atoms with van der Waals surface area (Å²) in [6, 6.07) is 7.88. The van der Waals surface area contributed by atoms with Gasteiger partial charge in [-0.2, -0.15) is 0 Å². The monoisotopic (exact) mass is 363 g/mol. The summed E-state index contributed by atoms with van der Waals surface area (Å²) in [6.07, 6.45) is 0. The van der Waals surface area contributed by atoms with Crippen molar-refractivity contribution in [2.24, 2.45) is 0 Å². The number of hydrogen-bond donors (Lipinski definition) is 2. The lowest BCUT2D eigenvalue weighted by atomic mass is 10.2. The number of hydrogen-bond acceptors (Lipinski definition) is 6. The van der Waals surface area contributed by atoms with Gasteiger partial charge in [0, 0.05) is 23.3 Å². The van der Waals surface area contributed by atoms with E-state index in [1.54, 1.807) is 0 Å². The predicted octanol–water partition coefficient (Wildman–Crippen LogP) is 2.05. The summed E-state index contributed by atoms with van der Waals surface area (Å²) < 4.78 is 10.3. The molecule has 1 heterocycles. The maximum atomic E-state index is 12.1. The van der Waals surface area contributed by atoms with E-state index < -0.39 is 16.7 Å². The van der Waals surface area contributed by atoms with Crippen LogP contribution in [0.1, 0.15) is 20.7 Å². The molecule has 25 heavy (non-hydrogen) atoms. The van der Waals surface area contributed by atoms with E-state index in [9.17, 15) is 19.7 Å². The summed E-state index contributed by atoms with van der Waals surface area (Å²) in [5.41, 5.74) is 4.31. The van der Waals surface area contributed by atoms with Crippen LogP contribution in [0.5, 0.6) is 11.5 Å². The van der Waals surface area contributed by atoms with Crippen molar-refractivity contribution in [3.8, 4) is 11.5 Å². The number of nitro groups is 1. The van der Waals surface area contributed by atoms with Crippen LogP contribution in [0.4, 0.5) is 5.69 Å². The lowest BCUT2D eigenvalue weighted by molar-refractivity contribution is -0.384. The van der Waals surface area contributed by atoms with Gasteiger partial charge in [0.2, 0.25) is 6.79 Å². The summed E-state index contributed by atoms with van der Waals surface area (Å²) in [6.45, 7) is 0.00362. The first-order valence-corrected chi connectivity index (χ1v) is 7.28. The molecule has 0 unspecified atom stereocenters. The van der Waals surface area contributed by atoms with Gasteiger partial charge in [0.25, 0.3) is 17.5 Å². The Hall–Kier alpha value is -3.33. The normalized spacial score (nSPS) is 11.7. The van der Waals surface area contributed by atoms with Crippen molar-refractivity contribution in [2.75, 3.05) is 6.79 Å². The van der Waals surface area contributed by atoms with Gasteiger partial charge in [0.05, 0.1) is 9.95 Å². The van der Waals surface area contributed by atoms with Crippen LogP contribution in [0.2, 0.25) is 5.02 Å². The van der Waals surface area contributed by atoms with E-state index in [-0.39, 0.29) is 28.6 Å². The quantitative estimate of drug-likeness (QED) is 0.636. The average molecular weight is 364 g/mol. The number of hydrazine groups is 1. The summed E-state index contributed by atoms with van der Waals surface area (Å²) in [5.74, 6) is -0.677. The second-order valence-corrected chi connectivity index (χ2v) is 5.31. The number of nitro benzene ring substituents is 1. The van der Waals surface area contributed by atoms with Crippen LogP contribution >= 0.6 is 11.6 Å². The number of rotatable bonds is 3. The standard InChI is InChI=1S/C15H10ClN3O6/c16-11-5-9(6-12-13(11)25-7-24-12)15(21)18-17-14(20)8-2-1-3-10(4-8)19(22)23/h1-6H,7H2,(H,17,20)(H,18,21). The summed E-state index contributed by atoms with van der Waals surface area (Å²) in [4.78, 5) is 34.2. The van der Waals surface area contributed by atoms with E-state index >= 15 is 0 Å². The Balaban J connectivity index is 1.68. The van der Waals surface area contributed by atoms with Crippen molar-refractivity contribution in [3.63, 3.8) is 0 Å². The van der Waals surface area contributed by atoms with Gasteiger partial charge in [-0.1, -0.05) is 17.7 Å². The second-order valence-electron chi connectivity index (χ2n) is 4.91. The van der Waals surface area contributed by atoms with E-state index in [1.807, 2.05) is 0 Å².